The molecule has 0 aliphatic heterocycles. The van der Waals surface area contributed by atoms with E-state index in [1.807, 2.05) is 0 Å². The molecule has 0 unspecified atom stereocenters. The summed E-state index contributed by atoms with van der Waals surface area (Å²) in [6, 6.07) is 3.48. The van der Waals surface area contributed by atoms with Gasteiger partial charge in [0.25, 0.3) is 5.91 Å². The van der Waals surface area contributed by atoms with Gasteiger partial charge < -0.3 is 10.5 Å². The smallest absolute Gasteiger partial charge is 0.255 e. The van der Waals surface area contributed by atoms with Crippen molar-refractivity contribution in [2.45, 2.75) is 6.92 Å². The summed E-state index contributed by atoms with van der Waals surface area (Å²) in [5.41, 5.74) is 4.97. The maximum Gasteiger partial charge on any atom is 0.255 e. The van der Waals surface area contributed by atoms with Crippen molar-refractivity contribution >= 4 is 11.7 Å². The Balaban J connectivity index is 2.95. The molecule has 0 saturated heterocycles. The molecule has 0 fully saturated rings. The standard InChI is InChI=1S/C10H10FNO3/c1-6(13)8-4-7(11)2-3-9(8)15-5-10(12)14/h2-4H,5H2,1H3,(H2,12,14). The first-order chi connectivity index (χ1) is 7.00. The van der Waals surface area contributed by atoms with Crippen LogP contribution in [0.3, 0.4) is 0 Å². The monoisotopic (exact) mass is 211 g/mol. The molecule has 4 nitrogen and oxygen atoms in total. The van der Waals surface area contributed by atoms with E-state index in [4.69, 9.17) is 10.5 Å². The van der Waals surface area contributed by atoms with Crippen molar-refractivity contribution in [3.05, 3.63) is 29.6 Å². The average molecular weight is 211 g/mol. The van der Waals surface area contributed by atoms with E-state index in [0.717, 1.165) is 12.1 Å². The van der Waals surface area contributed by atoms with E-state index in [1.54, 1.807) is 0 Å². The molecular formula is C10H10FNO3. The third-order valence-electron chi connectivity index (χ3n) is 1.69. The van der Waals surface area contributed by atoms with Crippen LogP contribution in [-0.4, -0.2) is 18.3 Å². The Hall–Kier alpha value is -1.91. The number of primary amides is 1. The van der Waals surface area contributed by atoms with Crippen molar-refractivity contribution in [1.29, 1.82) is 0 Å². The minimum Gasteiger partial charge on any atom is -0.483 e. The van der Waals surface area contributed by atoms with Crippen LogP contribution in [0, 0.1) is 5.82 Å². The molecule has 0 atom stereocenters. The van der Waals surface area contributed by atoms with Gasteiger partial charge in [-0.15, -0.1) is 0 Å². The van der Waals surface area contributed by atoms with E-state index in [-0.39, 0.29) is 23.7 Å². The first kappa shape index (κ1) is 11.2. The summed E-state index contributed by atoms with van der Waals surface area (Å²) < 4.78 is 17.8. The highest BCUT2D eigenvalue weighted by atomic mass is 19.1. The summed E-state index contributed by atoms with van der Waals surface area (Å²) >= 11 is 0. The lowest BCUT2D eigenvalue weighted by Crippen LogP contribution is -2.20. The molecule has 0 heterocycles. The predicted molar refractivity (Wildman–Crippen MR) is 51.1 cm³/mol. The fourth-order valence-corrected chi connectivity index (χ4v) is 1.05. The highest BCUT2D eigenvalue weighted by Gasteiger charge is 2.10. The number of carbonyl (C=O) groups excluding carboxylic acids is 2. The molecule has 0 radical (unpaired) electrons. The summed E-state index contributed by atoms with van der Waals surface area (Å²) in [6.07, 6.45) is 0. The number of Topliss-reactive ketones (excluding diaryl/α,β-unsaturated/α-hetero) is 1. The number of nitrogens with two attached hydrogens (primary N) is 1. The van der Waals surface area contributed by atoms with Crippen molar-refractivity contribution in [2.75, 3.05) is 6.61 Å². The van der Waals surface area contributed by atoms with Gasteiger partial charge in [-0.1, -0.05) is 0 Å². The van der Waals surface area contributed by atoms with E-state index in [0.29, 0.717) is 0 Å². The van der Waals surface area contributed by atoms with E-state index in [9.17, 15) is 14.0 Å². The van der Waals surface area contributed by atoms with Crippen LogP contribution >= 0.6 is 0 Å². The third kappa shape index (κ3) is 3.05. The molecular weight excluding hydrogens is 201 g/mol. The maximum atomic E-state index is 12.8. The molecule has 1 amide bonds. The van der Waals surface area contributed by atoms with Gasteiger partial charge in [-0.25, -0.2) is 4.39 Å². The Morgan fingerprint density at radius 3 is 2.67 bits per heavy atom. The zero-order valence-corrected chi connectivity index (χ0v) is 8.12. The minimum atomic E-state index is -0.658. The van der Waals surface area contributed by atoms with Gasteiger partial charge in [-0.2, -0.15) is 0 Å². The Kier molecular flexibility index (Phi) is 3.38. The number of ketones is 1. The second-order valence-electron chi connectivity index (χ2n) is 2.95. The lowest BCUT2D eigenvalue weighted by molar-refractivity contribution is -0.119. The molecule has 1 rings (SSSR count). The summed E-state index contributed by atoms with van der Waals surface area (Å²) in [6.45, 7) is 0.942. The van der Waals surface area contributed by atoms with Gasteiger partial charge in [0.05, 0.1) is 5.56 Å². The van der Waals surface area contributed by atoms with Crippen molar-refractivity contribution < 1.29 is 18.7 Å². The van der Waals surface area contributed by atoms with Gasteiger partial charge >= 0.3 is 0 Å². The average Bonchev–Trinajstić information content (AvgIpc) is 2.15. The van der Waals surface area contributed by atoms with Gasteiger partial charge in [0, 0.05) is 0 Å². The van der Waals surface area contributed by atoms with E-state index >= 15 is 0 Å². The normalized spacial score (nSPS) is 9.73. The van der Waals surface area contributed by atoms with E-state index in [2.05, 4.69) is 0 Å². The van der Waals surface area contributed by atoms with Crippen LogP contribution in [0.25, 0.3) is 0 Å². The summed E-state index contributed by atoms with van der Waals surface area (Å²) in [5, 5.41) is 0. The molecule has 0 saturated carbocycles. The van der Waals surface area contributed by atoms with Crippen LogP contribution in [0.2, 0.25) is 0 Å². The Labute approximate surface area is 85.8 Å². The van der Waals surface area contributed by atoms with Crippen LogP contribution in [0.1, 0.15) is 17.3 Å². The third-order valence-corrected chi connectivity index (χ3v) is 1.69. The molecule has 2 N–H and O–H groups in total. The van der Waals surface area contributed by atoms with Crippen LogP contribution in [-0.2, 0) is 4.79 Å². The highest BCUT2D eigenvalue weighted by molar-refractivity contribution is 5.96. The number of ether oxygens (including phenoxy) is 1. The number of amides is 1. The number of carbonyl (C=O) groups is 2. The molecule has 15 heavy (non-hydrogen) atoms. The van der Waals surface area contributed by atoms with E-state index in [1.165, 1.54) is 13.0 Å². The number of halogens is 1. The number of hydrogen-bond donors (Lipinski definition) is 1. The van der Waals surface area contributed by atoms with Crippen molar-refractivity contribution in [3.8, 4) is 5.75 Å². The van der Waals surface area contributed by atoms with Crippen LogP contribution in [0.4, 0.5) is 4.39 Å². The molecule has 1 aromatic rings. The molecule has 0 aromatic heterocycles. The predicted octanol–water partition coefficient (Wildman–Crippen LogP) is 0.892. The maximum absolute atomic E-state index is 12.8. The Bertz CT molecular complexity index is 404. The fourth-order valence-electron chi connectivity index (χ4n) is 1.05. The van der Waals surface area contributed by atoms with Crippen molar-refractivity contribution in [1.82, 2.24) is 0 Å². The quantitative estimate of drug-likeness (QED) is 0.752. The van der Waals surface area contributed by atoms with Crippen LogP contribution in [0.5, 0.6) is 5.75 Å². The first-order valence-corrected chi connectivity index (χ1v) is 4.22. The highest BCUT2D eigenvalue weighted by Crippen LogP contribution is 2.20. The van der Waals surface area contributed by atoms with Crippen molar-refractivity contribution in [3.63, 3.8) is 0 Å². The van der Waals surface area contributed by atoms with Crippen LogP contribution in [0.15, 0.2) is 18.2 Å². The second-order valence-corrected chi connectivity index (χ2v) is 2.95. The summed E-state index contributed by atoms with van der Waals surface area (Å²) in [7, 11) is 0. The molecule has 0 aliphatic carbocycles. The summed E-state index contributed by atoms with van der Waals surface area (Å²) in [5.74, 6) is -1.38. The molecule has 0 spiro atoms. The Morgan fingerprint density at radius 1 is 1.47 bits per heavy atom. The molecule has 5 heteroatoms. The molecule has 0 aliphatic rings. The fraction of sp³-hybridized carbons (Fsp3) is 0.200. The first-order valence-electron chi connectivity index (χ1n) is 4.22. The van der Waals surface area contributed by atoms with Gasteiger partial charge in [-0.05, 0) is 25.1 Å². The van der Waals surface area contributed by atoms with E-state index < -0.39 is 11.7 Å². The minimum absolute atomic E-state index is 0.0938. The molecule has 1 aromatic carbocycles. The van der Waals surface area contributed by atoms with Gasteiger partial charge in [-0.3, -0.25) is 9.59 Å². The number of benzene rings is 1. The largest absolute Gasteiger partial charge is 0.483 e. The molecule has 80 valence electrons. The number of rotatable bonds is 4. The lowest BCUT2D eigenvalue weighted by atomic mass is 10.1. The zero-order valence-electron chi connectivity index (χ0n) is 8.12. The SMILES string of the molecule is CC(=O)c1cc(F)ccc1OCC(N)=O. The van der Waals surface area contributed by atoms with Crippen LogP contribution < -0.4 is 10.5 Å². The second kappa shape index (κ2) is 4.54. The van der Waals surface area contributed by atoms with Crippen molar-refractivity contribution in [2.24, 2.45) is 5.73 Å². The van der Waals surface area contributed by atoms with Gasteiger partial charge in [0.15, 0.2) is 12.4 Å². The molecule has 0 bridgehead atoms. The Morgan fingerprint density at radius 2 is 2.13 bits per heavy atom. The van der Waals surface area contributed by atoms with Gasteiger partial charge in [0.1, 0.15) is 11.6 Å². The topological polar surface area (TPSA) is 69.4 Å². The number of hydrogen-bond acceptors (Lipinski definition) is 3. The zero-order chi connectivity index (χ0) is 11.4. The lowest BCUT2D eigenvalue weighted by Gasteiger charge is -2.07. The van der Waals surface area contributed by atoms with Gasteiger partial charge in [0.2, 0.25) is 0 Å². The summed E-state index contributed by atoms with van der Waals surface area (Å²) in [4.78, 5) is 21.6.